The molecule has 3 aromatic carbocycles. The van der Waals surface area contributed by atoms with Crippen LogP contribution in [0.4, 0.5) is 11.4 Å². The van der Waals surface area contributed by atoms with Crippen LogP contribution in [0, 0.1) is 3.57 Å². The second-order valence-corrected chi connectivity index (χ2v) is 6.93. The van der Waals surface area contributed by atoms with Gasteiger partial charge in [0.1, 0.15) is 0 Å². The van der Waals surface area contributed by atoms with E-state index in [9.17, 15) is 9.59 Å². The fraction of sp³-hybridized carbons (Fsp3) is 0.0476. The standard InChI is InChI=1S/C21H16IN3O3/c22-19-9-5-4-8-18(19)21(27)24-23-16-10-12-17(13-11-16)25-28-20(26)14-15-6-2-1-3-7-15/h1-13,25H,14H2. The fourth-order valence-electron chi connectivity index (χ4n) is 2.30. The molecule has 0 heterocycles. The highest BCUT2D eigenvalue weighted by atomic mass is 127. The number of hydrogen-bond acceptors (Lipinski definition) is 5. The smallest absolute Gasteiger partial charge is 0.336 e. The Kier molecular flexibility index (Phi) is 6.85. The molecule has 6 nitrogen and oxygen atoms in total. The minimum Gasteiger partial charge on any atom is -0.343 e. The maximum absolute atomic E-state index is 12.1. The van der Waals surface area contributed by atoms with Crippen molar-refractivity contribution in [2.24, 2.45) is 10.2 Å². The average molecular weight is 485 g/mol. The van der Waals surface area contributed by atoms with Gasteiger partial charge in [0.2, 0.25) is 0 Å². The number of benzene rings is 3. The summed E-state index contributed by atoms with van der Waals surface area (Å²) in [5.41, 5.74) is 5.09. The molecule has 28 heavy (non-hydrogen) atoms. The molecule has 0 aliphatic rings. The third kappa shape index (κ3) is 5.71. The Bertz CT molecular complexity index is 989. The molecular formula is C21H16IN3O3. The summed E-state index contributed by atoms with van der Waals surface area (Å²) in [6, 6.07) is 23.2. The number of amides is 1. The lowest BCUT2D eigenvalue weighted by Crippen LogP contribution is -2.12. The van der Waals surface area contributed by atoms with E-state index >= 15 is 0 Å². The highest BCUT2D eigenvalue weighted by Gasteiger charge is 2.08. The van der Waals surface area contributed by atoms with Crippen LogP contribution in [0.5, 0.6) is 0 Å². The number of carbonyl (C=O) groups excluding carboxylic acids is 2. The number of azo groups is 1. The first-order chi connectivity index (χ1) is 13.6. The van der Waals surface area contributed by atoms with Crippen LogP contribution in [-0.2, 0) is 16.1 Å². The largest absolute Gasteiger partial charge is 0.343 e. The molecule has 140 valence electrons. The van der Waals surface area contributed by atoms with Crippen LogP contribution in [0.2, 0.25) is 0 Å². The van der Waals surface area contributed by atoms with Crippen molar-refractivity contribution in [3.8, 4) is 0 Å². The third-order valence-corrected chi connectivity index (χ3v) is 4.64. The molecule has 1 amide bonds. The van der Waals surface area contributed by atoms with Crippen LogP contribution in [0.1, 0.15) is 15.9 Å². The highest BCUT2D eigenvalue weighted by molar-refractivity contribution is 14.1. The van der Waals surface area contributed by atoms with Crippen molar-refractivity contribution < 1.29 is 14.4 Å². The van der Waals surface area contributed by atoms with E-state index in [0.29, 0.717) is 16.9 Å². The summed E-state index contributed by atoms with van der Waals surface area (Å²) in [4.78, 5) is 29.0. The summed E-state index contributed by atoms with van der Waals surface area (Å²) < 4.78 is 0.820. The summed E-state index contributed by atoms with van der Waals surface area (Å²) in [7, 11) is 0. The van der Waals surface area contributed by atoms with Gasteiger partial charge in [-0.05, 0) is 64.6 Å². The van der Waals surface area contributed by atoms with Crippen molar-refractivity contribution in [1.29, 1.82) is 0 Å². The van der Waals surface area contributed by atoms with Gasteiger partial charge >= 0.3 is 5.97 Å². The Hall–Kier alpha value is -3.07. The number of rotatable bonds is 6. The quantitative estimate of drug-likeness (QED) is 0.291. The summed E-state index contributed by atoms with van der Waals surface area (Å²) >= 11 is 2.08. The van der Waals surface area contributed by atoms with Gasteiger partial charge in [-0.1, -0.05) is 42.5 Å². The topological polar surface area (TPSA) is 80.1 Å². The van der Waals surface area contributed by atoms with Crippen molar-refractivity contribution in [3.63, 3.8) is 0 Å². The molecule has 3 aromatic rings. The van der Waals surface area contributed by atoms with Crippen molar-refractivity contribution in [2.45, 2.75) is 6.42 Å². The molecule has 0 radical (unpaired) electrons. The third-order valence-electron chi connectivity index (χ3n) is 3.70. The van der Waals surface area contributed by atoms with Crippen molar-refractivity contribution >= 4 is 45.8 Å². The van der Waals surface area contributed by atoms with E-state index in [1.165, 1.54) is 0 Å². The molecule has 0 saturated carbocycles. The van der Waals surface area contributed by atoms with E-state index in [4.69, 9.17) is 4.84 Å². The molecular weight excluding hydrogens is 469 g/mol. The zero-order valence-corrected chi connectivity index (χ0v) is 16.9. The first kappa shape index (κ1) is 19.7. The first-order valence-corrected chi connectivity index (χ1v) is 9.50. The molecule has 0 bridgehead atoms. The average Bonchev–Trinajstić information content (AvgIpc) is 2.72. The second kappa shape index (κ2) is 9.75. The summed E-state index contributed by atoms with van der Waals surface area (Å²) in [5.74, 6) is -0.792. The van der Waals surface area contributed by atoms with Crippen LogP contribution in [0.25, 0.3) is 0 Å². The van der Waals surface area contributed by atoms with Crippen molar-refractivity contribution in [1.82, 2.24) is 0 Å². The second-order valence-electron chi connectivity index (χ2n) is 5.77. The lowest BCUT2D eigenvalue weighted by Gasteiger charge is -2.07. The summed E-state index contributed by atoms with van der Waals surface area (Å²) in [6.07, 6.45) is 0.181. The van der Waals surface area contributed by atoms with Crippen LogP contribution in [0.15, 0.2) is 89.1 Å². The molecule has 1 N–H and O–H groups in total. The molecule has 0 spiro atoms. The van der Waals surface area contributed by atoms with Gasteiger partial charge in [-0.15, -0.1) is 10.2 Å². The predicted octanol–water partition coefficient (Wildman–Crippen LogP) is 5.33. The maximum Gasteiger partial charge on any atom is 0.336 e. The molecule has 0 aliphatic heterocycles. The SMILES string of the molecule is O=C(Cc1ccccc1)ONc1ccc(N=NC(=O)c2ccccc2I)cc1. The fourth-order valence-corrected chi connectivity index (χ4v) is 2.92. The molecule has 0 aliphatic carbocycles. The number of nitrogens with zero attached hydrogens (tertiary/aromatic N) is 2. The minimum atomic E-state index is -0.401. The number of hydrogen-bond donors (Lipinski definition) is 1. The monoisotopic (exact) mass is 485 g/mol. The normalized spacial score (nSPS) is 10.6. The highest BCUT2D eigenvalue weighted by Crippen LogP contribution is 2.18. The van der Waals surface area contributed by atoms with E-state index in [2.05, 4.69) is 38.3 Å². The van der Waals surface area contributed by atoms with Gasteiger partial charge < -0.3 is 4.84 Å². The van der Waals surface area contributed by atoms with Gasteiger partial charge in [-0.2, -0.15) is 0 Å². The van der Waals surface area contributed by atoms with Gasteiger partial charge in [0.05, 0.1) is 23.4 Å². The lowest BCUT2D eigenvalue weighted by atomic mass is 10.2. The Morgan fingerprint density at radius 1 is 0.893 bits per heavy atom. The molecule has 0 aromatic heterocycles. The van der Waals surface area contributed by atoms with Crippen LogP contribution in [-0.4, -0.2) is 11.9 Å². The molecule has 7 heteroatoms. The molecule has 0 unspecified atom stereocenters. The van der Waals surface area contributed by atoms with E-state index in [1.54, 1.807) is 36.4 Å². The number of anilines is 1. The zero-order valence-electron chi connectivity index (χ0n) is 14.7. The van der Waals surface area contributed by atoms with Crippen LogP contribution < -0.4 is 5.48 Å². The van der Waals surface area contributed by atoms with Crippen molar-refractivity contribution in [2.75, 3.05) is 5.48 Å². The van der Waals surface area contributed by atoms with Crippen molar-refractivity contribution in [3.05, 3.63) is 93.6 Å². The first-order valence-electron chi connectivity index (χ1n) is 8.42. The van der Waals surface area contributed by atoms with Gasteiger partial charge in [0.25, 0.3) is 5.91 Å². The van der Waals surface area contributed by atoms with E-state index in [0.717, 1.165) is 9.13 Å². The van der Waals surface area contributed by atoms with E-state index < -0.39 is 11.9 Å². The van der Waals surface area contributed by atoms with Gasteiger partial charge in [0.15, 0.2) is 0 Å². The summed E-state index contributed by atoms with van der Waals surface area (Å²) in [6.45, 7) is 0. The molecule has 3 rings (SSSR count). The van der Waals surface area contributed by atoms with Gasteiger partial charge in [0, 0.05) is 3.57 Å². The molecule has 0 saturated heterocycles. The number of carbonyl (C=O) groups is 2. The van der Waals surface area contributed by atoms with Crippen LogP contribution >= 0.6 is 22.6 Å². The van der Waals surface area contributed by atoms with E-state index in [1.807, 2.05) is 42.5 Å². The molecule has 0 atom stereocenters. The maximum atomic E-state index is 12.1. The Labute approximate surface area is 175 Å². The number of halogens is 1. The van der Waals surface area contributed by atoms with Gasteiger partial charge in [-0.3, -0.25) is 4.79 Å². The Balaban J connectivity index is 1.52. The van der Waals surface area contributed by atoms with E-state index in [-0.39, 0.29) is 6.42 Å². The van der Waals surface area contributed by atoms with Crippen LogP contribution in [0.3, 0.4) is 0 Å². The lowest BCUT2D eigenvalue weighted by molar-refractivity contribution is -0.139. The Morgan fingerprint density at radius 3 is 2.29 bits per heavy atom. The predicted molar refractivity (Wildman–Crippen MR) is 114 cm³/mol. The number of nitrogens with one attached hydrogen (secondary N) is 1. The Morgan fingerprint density at radius 2 is 1.57 bits per heavy atom. The minimum absolute atomic E-state index is 0.181. The van der Waals surface area contributed by atoms with Gasteiger partial charge in [-0.25, -0.2) is 10.3 Å². The zero-order chi connectivity index (χ0) is 19.8. The summed E-state index contributed by atoms with van der Waals surface area (Å²) in [5, 5.41) is 7.70. The molecule has 0 fully saturated rings.